The van der Waals surface area contributed by atoms with Crippen LogP contribution >= 0.6 is 22.9 Å². The number of likely N-dealkylation sites (tertiary alicyclic amines) is 1. The van der Waals surface area contributed by atoms with Gasteiger partial charge in [-0.15, -0.1) is 10.2 Å². The molecule has 1 unspecified atom stereocenters. The molecule has 1 amide bonds. The van der Waals surface area contributed by atoms with Crippen LogP contribution in [0.5, 0.6) is 0 Å². The Morgan fingerprint density at radius 1 is 1.61 bits per heavy atom. The standard InChI is InChI=1S/C11H17ClN4OS/c1-3-16-6-4-5-8(16)7-15(2)10(17)9-13-14-11(12)18-9/h8H,3-7H2,1-2H3. The molecule has 1 fully saturated rings. The summed E-state index contributed by atoms with van der Waals surface area (Å²) in [6.45, 7) is 5.07. The molecular weight excluding hydrogens is 272 g/mol. The highest BCUT2D eigenvalue weighted by Crippen LogP contribution is 2.20. The summed E-state index contributed by atoms with van der Waals surface area (Å²) in [5, 5.41) is 7.81. The molecule has 2 rings (SSSR count). The molecule has 1 aliphatic heterocycles. The Bertz CT molecular complexity index is 425. The lowest BCUT2D eigenvalue weighted by Crippen LogP contribution is -2.41. The molecule has 2 heterocycles. The summed E-state index contributed by atoms with van der Waals surface area (Å²) >= 11 is 6.82. The van der Waals surface area contributed by atoms with E-state index in [0.717, 1.165) is 37.4 Å². The van der Waals surface area contributed by atoms with Gasteiger partial charge in [0, 0.05) is 19.6 Å². The largest absolute Gasteiger partial charge is 0.338 e. The molecule has 1 atom stereocenters. The van der Waals surface area contributed by atoms with Gasteiger partial charge in [-0.1, -0.05) is 18.3 Å². The molecule has 0 N–H and O–H groups in total. The van der Waals surface area contributed by atoms with Gasteiger partial charge in [-0.2, -0.15) is 0 Å². The highest BCUT2D eigenvalue weighted by molar-refractivity contribution is 7.17. The third-order valence-corrected chi connectivity index (χ3v) is 4.33. The molecule has 100 valence electrons. The molecule has 0 aromatic carbocycles. The van der Waals surface area contributed by atoms with Crippen molar-refractivity contribution in [3.63, 3.8) is 0 Å². The molecule has 0 spiro atoms. The Labute approximate surface area is 116 Å². The lowest BCUT2D eigenvalue weighted by Gasteiger charge is -2.27. The molecule has 1 aliphatic rings. The fourth-order valence-electron chi connectivity index (χ4n) is 2.37. The van der Waals surface area contributed by atoms with E-state index in [1.54, 1.807) is 4.90 Å². The minimum absolute atomic E-state index is 0.0950. The third kappa shape index (κ3) is 2.99. The van der Waals surface area contributed by atoms with Crippen LogP contribution in [-0.4, -0.2) is 58.6 Å². The number of aromatic nitrogens is 2. The average molecular weight is 289 g/mol. The van der Waals surface area contributed by atoms with Crippen LogP contribution in [0.25, 0.3) is 0 Å². The Morgan fingerprint density at radius 3 is 3.00 bits per heavy atom. The maximum atomic E-state index is 12.1. The first-order chi connectivity index (χ1) is 8.61. The Morgan fingerprint density at radius 2 is 2.39 bits per heavy atom. The van der Waals surface area contributed by atoms with Crippen LogP contribution < -0.4 is 0 Å². The van der Waals surface area contributed by atoms with Gasteiger partial charge in [0.2, 0.25) is 9.47 Å². The van der Waals surface area contributed by atoms with E-state index >= 15 is 0 Å². The van der Waals surface area contributed by atoms with Crippen molar-refractivity contribution in [2.45, 2.75) is 25.8 Å². The third-order valence-electron chi connectivity index (χ3n) is 3.32. The predicted octanol–water partition coefficient (Wildman–Crippen LogP) is 1.75. The van der Waals surface area contributed by atoms with Crippen LogP contribution in [0.15, 0.2) is 0 Å². The summed E-state index contributed by atoms with van der Waals surface area (Å²) in [4.78, 5) is 16.2. The molecular formula is C11H17ClN4OS. The van der Waals surface area contributed by atoms with Crippen molar-refractivity contribution in [3.05, 3.63) is 9.47 Å². The molecule has 18 heavy (non-hydrogen) atoms. The number of hydrogen-bond donors (Lipinski definition) is 0. The number of carbonyl (C=O) groups excluding carboxylic acids is 1. The summed E-state index contributed by atoms with van der Waals surface area (Å²) in [6, 6.07) is 0.465. The van der Waals surface area contributed by atoms with Gasteiger partial charge < -0.3 is 4.90 Å². The first kappa shape index (κ1) is 13.7. The lowest BCUT2D eigenvalue weighted by molar-refractivity contribution is 0.0753. The quantitative estimate of drug-likeness (QED) is 0.847. The van der Waals surface area contributed by atoms with Gasteiger partial charge in [0.1, 0.15) is 0 Å². The van der Waals surface area contributed by atoms with Gasteiger partial charge >= 0.3 is 0 Å². The van der Waals surface area contributed by atoms with Gasteiger partial charge in [0.25, 0.3) is 5.91 Å². The van der Waals surface area contributed by atoms with E-state index in [-0.39, 0.29) is 5.91 Å². The zero-order chi connectivity index (χ0) is 13.1. The number of nitrogens with zero attached hydrogens (tertiary/aromatic N) is 4. The van der Waals surface area contributed by atoms with E-state index < -0.39 is 0 Å². The number of halogens is 1. The van der Waals surface area contributed by atoms with Crippen molar-refractivity contribution >= 4 is 28.8 Å². The maximum Gasteiger partial charge on any atom is 0.284 e. The van der Waals surface area contributed by atoms with Crippen molar-refractivity contribution in [2.24, 2.45) is 0 Å². The smallest absolute Gasteiger partial charge is 0.284 e. The van der Waals surface area contributed by atoms with Crippen molar-refractivity contribution < 1.29 is 4.79 Å². The Kier molecular flexibility index (Phi) is 4.53. The van der Waals surface area contributed by atoms with Gasteiger partial charge in [-0.25, -0.2) is 0 Å². The van der Waals surface area contributed by atoms with Gasteiger partial charge in [0.15, 0.2) is 0 Å². The number of amides is 1. The molecule has 0 aliphatic carbocycles. The van der Waals surface area contributed by atoms with Crippen LogP contribution in [0.1, 0.15) is 29.6 Å². The molecule has 1 aromatic heterocycles. The fraction of sp³-hybridized carbons (Fsp3) is 0.727. The minimum atomic E-state index is -0.0950. The average Bonchev–Trinajstić information content (AvgIpc) is 2.96. The van der Waals surface area contributed by atoms with Crippen LogP contribution in [-0.2, 0) is 0 Å². The number of rotatable bonds is 4. The summed E-state index contributed by atoms with van der Waals surface area (Å²) in [7, 11) is 1.81. The van der Waals surface area contributed by atoms with E-state index in [4.69, 9.17) is 11.6 Å². The number of carbonyl (C=O) groups is 1. The van der Waals surface area contributed by atoms with Crippen molar-refractivity contribution in [1.82, 2.24) is 20.0 Å². The zero-order valence-corrected chi connectivity index (χ0v) is 12.2. The maximum absolute atomic E-state index is 12.1. The predicted molar refractivity (Wildman–Crippen MR) is 72.1 cm³/mol. The van der Waals surface area contributed by atoms with Crippen LogP contribution in [0, 0.1) is 0 Å². The van der Waals surface area contributed by atoms with Crippen LogP contribution in [0.4, 0.5) is 0 Å². The summed E-state index contributed by atoms with van der Waals surface area (Å²) < 4.78 is 0.308. The highest BCUT2D eigenvalue weighted by Gasteiger charge is 2.26. The number of hydrogen-bond acceptors (Lipinski definition) is 5. The van der Waals surface area contributed by atoms with Gasteiger partial charge in [-0.05, 0) is 37.5 Å². The summed E-state index contributed by atoms with van der Waals surface area (Å²) in [5.74, 6) is -0.0950. The van der Waals surface area contributed by atoms with Gasteiger partial charge in [0.05, 0.1) is 0 Å². The van der Waals surface area contributed by atoms with Crippen molar-refractivity contribution in [3.8, 4) is 0 Å². The second-order valence-electron chi connectivity index (χ2n) is 4.47. The highest BCUT2D eigenvalue weighted by atomic mass is 35.5. The first-order valence-electron chi connectivity index (χ1n) is 6.10. The topological polar surface area (TPSA) is 49.3 Å². The van der Waals surface area contributed by atoms with Crippen molar-refractivity contribution in [1.29, 1.82) is 0 Å². The SMILES string of the molecule is CCN1CCCC1CN(C)C(=O)c1nnc(Cl)s1. The van der Waals surface area contributed by atoms with Gasteiger partial charge in [-0.3, -0.25) is 9.69 Å². The molecule has 5 nitrogen and oxygen atoms in total. The zero-order valence-electron chi connectivity index (χ0n) is 10.6. The molecule has 7 heteroatoms. The first-order valence-corrected chi connectivity index (χ1v) is 7.29. The van der Waals surface area contributed by atoms with E-state index in [2.05, 4.69) is 22.0 Å². The molecule has 0 saturated carbocycles. The number of likely N-dealkylation sites (N-methyl/N-ethyl adjacent to an activating group) is 2. The van der Waals surface area contributed by atoms with Crippen LogP contribution in [0.3, 0.4) is 0 Å². The second-order valence-corrected chi connectivity index (χ2v) is 6.03. The molecule has 1 aromatic rings. The van der Waals surface area contributed by atoms with E-state index in [0.29, 0.717) is 15.5 Å². The van der Waals surface area contributed by atoms with E-state index in [1.165, 1.54) is 6.42 Å². The summed E-state index contributed by atoms with van der Waals surface area (Å²) in [6.07, 6.45) is 2.37. The van der Waals surface area contributed by atoms with Crippen LogP contribution in [0.2, 0.25) is 4.47 Å². The Hall–Kier alpha value is -0.720. The lowest BCUT2D eigenvalue weighted by atomic mass is 10.2. The molecule has 1 saturated heterocycles. The van der Waals surface area contributed by atoms with Crippen molar-refractivity contribution in [2.75, 3.05) is 26.7 Å². The molecule has 0 radical (unpaired) electrons. The second kappa shape index (κ2) is 5.95. The fourth-order valence-corrected chi connectivity index (χ4v) is 3.20. The Balaban J connectivity index is 1.95. The summed E-state index contributed by atoms with van der Waals surface area (Å²) in [5.41, 5.74) is 0. The minimum Gasteiger partial charge on any atom is -0.338 e. The normalized spacial score (nSPS) is 20.3. The van der Waals surface area contributed by atoms with E-state index in [9.17, 15) is 4.79 Å². The monoisotopic (exact) mass is 288 g/mol. The van der Waals surface area contributed by atoms with E-state index in [1.807, 2.05) is 7.05 Å². The molecule has 0 bridgehead atoms.